The lowest BCUT2D eigenvalue weighted by molar-refractivity contribution is 0.660. The molecule has 1 unspecified atom stereocenters. The van der Waals surface area contributed by atoms with Crippen LogP contribution in [0.1, 0.15) is 47.2 Å². The van der Waals surface area contributed by atoms with Gasteiger partial charge in [0.2, 0.25) is 0 Å². The Balaban J connectivity index is 1.13. The summed E-state index contributed by atoms with van der Waals surface area (Å²) in [6.07, 6.45) is 0. The number of fused-ring (bicyclic) bond motifs is 15. The summed E-state index contributed by atoms with van der Waals surface area (Å²) in [5, 5.41) is 2.58. The van der Waals surface area contributed by atoms with Crippen LogP contribution in [0.4, 0.5) is 17.1 Å². The van der Waals surface area contributed by atoms with E-state index in [0.717, 1.165) is 11.4 Å². The zero-order valence-electron chi connectivity index (χ0n) is 33.5. The predicted octanol–water partition coefficient (Wildman–Crippen LogP) is 14.9. The van der Waals surface area contributed by atoms with Gasteiger partial charge in [-0.2, -0.15) is 0 Å². The van der Waals surface area contributed by atoms with Gasteiger partial charge in [-0.15, -0.1) is 0 Å². The Morgan fingerprint density at radius 1 is 0.400 bits per heavy atom. The molecular weight excluding hydrogens is 725 g/mol. The van der Waals surface area contributed by atoms with Gasteiger partial charge in [-0.3, -0.25) is 0 Å². The molecule has 0 amide bonds. The van der Waals surface area contributed by atoms with Crippen molar-refractivity contribution in [1.29, 1.82) is 0 Å². The molecule has 2 heteroatoms. The van der Waals surface area contributed by atoms with Crippen LogP contribution in [0.2, 0.25) is 0 Å². The zero-order valence-corrected chi connectivity index (χ0v) is 33.5. The molecule has 0 N–H and O–H groups in total. The quantitative estimate of drug-likeness (QED) is 0.173. The number of hydrogen-bond donors (Lipinski definition) is 0. The molecule has 10 aromatic rings. The van der Waals surface area contributed by atoms with Crippen LogP contribution in [0.15, 0.2) is 206 Å². The lowest BCUT2D eigenvalue weighted by Gasteiger charge is -2.39. The second-order valence-corrected chi connectivity index (χ2v) is 17.2. The molecule has 0 saturated heterocycles. The minimum atomic E-state index is -0.540. The molecule has 2 aliphatic carbocycles. The molecule has 2 heterocycles. The van der Waals surface area contributed by atoms with Gasteiger partial charge in [0.1, 0.15) is 0 Å². The Hall–Kier alpha value is -7.42. The van der Waals surface area contributed by atoms with E-state index in [-0.39, 0.29) is 5.41 Å². The summed E-state index contributed by atoms with van der Waals surface area (Å²) < 4.78 is 2.52. The van der Waals surface area contributed by atoms with Crippen molar-refractivity contribution in [1.82, 2.24) is 4.57 Å². The first kappa shape index (κ1) is 33.5. The molecule has 3 aliphatic rings. The smallest absolute Gasteiger partial charge is 0.0755 e. The Kier molecular flexibility index (Phi) is 6.74. The van der Waals surface area contributed by atoms with Crippen molar-refractivity contribution < 1.29 is 0 Å². The van der Waals surface area contributed by atoms with Gasteiger partial charge in [-0.25, -0.2) is 0 Å². The van der Waals surface area contributed by atoms with Crippen molar-refractivity contribution >= 4 is 38.9 Å². The van der Waals surface area contributed by atoms with Crippen molar-refractivity contribution in [2.45, 2.75) is 24.7 Å². The second-order valence-electron chi connectivity index (χ2n) is 17.2. The van der Waals surface area contributed by atoms with Crippen LogP contribution in [0.3, 0.4) is 0 Å². The van der Waals surface area contributed by atoms with Gasteiger partial charge in [0.25, 0.3) is 0 Å². The molecule has 0 bridgehead atoms. The second kappa shape index (κ2) is 12.1. The molecule has 13 rings (SSSR count). The number of nitrogens with zero attached hydrogens (tertiary/aromatic N) is 2. The summed E-state index contributed by atoms with van der Waals surface area (Å²) in [7, 11) is 0. The van der Waals surface area contributed by atoms with E-state index >= 15 is 0 Å². The third-order valence-corrected chi connectivity index (χ3v) is 14.0. The first-order chi connectivity index (χ1) is 29.5. The summed E-state index contributed by atoms with van der Waals surface area (Å²) in [4.78, 5) is 2.53. The van der Waals surface area contributed by atoms with Gasteiger partial charge in [0.15, 0.2) is 0 Å². The molecule has 9 aromatic carbocycles. The van der Waals surface area contributed by atoms with Crippen LogP contribution in [-0.2, 0) is 10.8 Å². The van der Waals surface area contributed by atoms with Crippen LogP contribution in [0.25, 0.3) is 60.9 Å². The molecule has 1 aromatic heterocycles. The average Bonchev–Trinajstić information content (AvgIpc) is 3.88. The van der Waals surface area contributed by atoms with Crippen LogP contribution < -0.4 is 4.90 Å². The Bertz CT molecular complexity index is 3420. The summed E-state index contributed by atoms with van der Waals surface area (Å²) in [6.45, 7) is 4.75. The molecule has 0 fully saturated rings. The predicted molar refractivity (Wildman–Crippen MR) is 249 cm³/mol. The third-order valence-electron chi connectivity index (χ3n) is 14.0. The minimum absolute atomic E-state index is 0.141. The van der Waals surface area contributed by atoms with Crippen molar-refractivity contribution in [3.63, 3.8) is 0 Å². The van der Waals surface area contributed by atoms with E-state index in [1.54, 1.807) is 0 Å². The lowest BCUT2D eigenvalue weighted by Crippen LogP contribution is -2.33. The molecule has 0 radical (unpaired) electrons. The Labute approximate surface area is 350 Å². The fourth-order valence-electron chi connectivity index (χ4n) is 11.5. The maximum absolute atomic E-state index is 2.53. The Morgan fingerprint density at radius 3 is 1.90 bits per heavy atom. The molecule has 1 aliphatic heterocycles. The maximum Gasteiger partial charge on any atom is 0.0755 e. The minimum Gasteiger partial charge on any atom is -0.310 e. The molecule has 282 valence electrons. The van der Waals surface area contributed by atoms with E-state index in [1.165, 1.54) is 99.9 Å². The van der Waals surface area contributed by atoms with Crippen LogP contribution in [-0.4, -0.2) is 4.57 Å². The highest BCUT2D eigenvalue weighted by Crippen LogP contribution is 2.63. The fraction of sp³-hybridized carbons (Fsp3) is 0.0690. The first-order valence-electron chi connectivity index (χ1n) is 21.1. The van der Waals surface area contributed by atoms with E-state index in [0.29, 0.717) is 0 Å². The molecule has 2 nitrogen and oxygen atoms in total. The summed E-state index contributed by atoms with van der Waals surface area (Å²) >= 11 is 0. The van der Waals surface area contributed by atoms with E-state index in [1.807, 2.05) is 0 Å². The molecular formula is C58H40N2. The zero-order chi connectivity index (χ0) is 39.7. The van der Waals surface area contributed by atoms with E-state index in [2.05, 4.69) is 230 Å². The number of para-hydroxylation sites is 3. The molecule has 60 heavy (non-hydrogen) atoms. The van der Waals surface area contributed by atoms with Crippen molar-refractivity contribution in [3.8, 4) is 39.1 Å². The highest BCUT2D eigenvalue weighted by molar-refractivity contribution is 6.13. The SMILES string of the molecule is CC1(C)c2ccccc2-c2ccc(N(c3cccc(-c4ccccc4)c3)c3cccc4c3-c3ccccc3C43c4ccccc4-n4c5ccccc5c5cccc3c54)cc21. The lowest BCUT2D eigenvalue weighted by atomic mass is 9.65. The van der Waals surface area contributed by atoms with Gasteiger partial charge in [0, 0.05) is 33.1 Å². The Morgan fingerprint density at radius 2 is 1.02 bits per heavy atom. The summed E-state index contributed by atoms with van der Waals surface area (Å²) in [6, 6.07) is 77.3. The normalized spacial score (nSPS) is 16.0. The molecule has 1 atom stereocenters. The topological polar surface area (TPSA) is 8.17 Å². The number of hydrogen-bond acceptors (Lipinski definition) is 1. The number of benzene rings is 9. The number of aromatic nitrogens is 1. The van der Waals surface area contributed by atoms with E-state index in [4.69, 9.17) is 0 Å². The van der Waals surface area contributed by atoms with Crippen molar-refractivity contribution in [3.05, 3.63) is 240 Å². The van der Waals surface area contributed by atoms with Crippen molar-refractivity contribution in [2.24, 2.45) is 0 Å². The van der Waals surface area contributed by atoms with Gasteiger partial charge in [-0.05, 0) is 104 Å². The van der Waals surface area contributed by atoms with Gasteiger partial charge in [0.05, 0.1) is 27.8 Å². The largest absolute Gasteiger partial charge is 0.310 e. The van der Waals surface area contributed by atoms with Crippen molar-refractivity contribution in [2.75, 3.05) is 4.90 Å². The monoisotopic (exact) mass is 764 g/mol. The standard InChI is InChI=1S/C58H40N2/c1-57(2)46-25-9-6-21-41(46)42-34-33-40(36-51(42)57)59(39-20-14-19-38(35-39)37-17-4-3-5-18-37)54-32-16-28-49-55(54)45-23-7-10-26-47(45)58(49)48-27-11-13-31-53(48)60-52-30-12-8-22-43(52)44-24-15-29-50(58)56(44)60/h3-36H,1-2H3. The van der Waals surface area contributed by atoms with E-state index in [9.17, 15) is 0 Å². The third kappa shape index (κ3) is 4.22. The summed E-state index contributed by atoms with van der Waals surface area (Å²) in [5.74, 6) is 0. The highest BCUT2D eigenvalue weighted by Gasteiger charge is 2.51. The fourth-order valence-corrected chi connectivity index (χ4v) is 11.5. The van der Waals surface area contributed by atoms with Gasteiger partial charge >= 0.3 is 0 Å². The van der Waals surface area contributed by atoms with Gasteiger partial charge in [-0.1, -0.05) is 178 Å². The first-order valence-corrected chi connectivity index (χ1v) is 21.1. The molecule has 1 spiro atoms. The highest BCUT2D eigenvalue weighted by atomic mass is 15.1. The maximum atomic E-state index is 2.53. The van der Waals surface area contributed by atoms with Crippen LogP contribution in [0, 0.1) is 0 Å². The van der Waals surface area contributed by atoms with Gasteiger partial charge < -0.3 is 9.47 Å². The average molecular weight is 765 g/mol. The number of rotatable bonds is 4. The van der Waals surface area contributed by atoms with Crippen LogP contribution >= 0.6 is 0 Å². The summed E-state index contributed by atoms with van der Waals surface area (Å²) in [5.41, 5.74) is 22.2. The van der Waals surface area contributed by atoms with Crippen LogP contribution in [0.5, 0.6) is 0 Å². The number of anilines is 3. The van der Waals surface area contributed by atoms with E-state index < -0.39 is 5.41 Å². The molecule has 0 saturated carbocycles.